The van der Waals surface area contributed by atoms with Gasteiger partial charge in [-0.2, -0.15) is 0 Å². The number of amides is 1. The van der Waals surface area contributed by atoms with Gasteiger partial charge in [0.1, 0.15) is 11.9 Å². The van der Waals surface area contributed by atoms with Crippen molar-refractivity contribution in [3.05, 3.63) is 58.3 Å². The topological polar surface area (TPSA) is 66.5 Å². The van der Waals surface area contributed by atoms with Crippen LogP contribution in [0.25, 0.3) is 0 Å². The maximum absolute atomic E-state index is 14.1. The predicted molar refractivity (Wildman–Crippen MR) is 98.3 cm³/mol. The van der Waals surface area contributed by atoms with Crippen molar-refractivity contribution in [2.75, 3.05) is 15.9 Å². The number of sulfonamides is 1. The summed E-state index contributed by atoms with van der Waals surface area (Å²) in [5, 5.41) is 3.15. The quantitative estimate of drug-likeness (QED) is 0.820. The number of rotatable bonds is 5. The smallest absolute Gasteiger partial charge is 0.247 e. The molecule has 0 spiro atoms. The van der Waals surface area contributed by atoms with E-state index in [0.717, 1.165) is 16.6 Å². The van der Waals surface area contributed by atoms with E-state index in [1.807, 2.05) is 0 Å². The minimum Gasteiger partial charge on any atom is -0.324 e. The number of hydrogen-bond acceptors (Lipinski definition) is 3. The van der Waals surface area contributed by atoms with Crippen molar-refractivity contribution in [3.63, 3.8) is 0 Å². The number of benzene rings is 2. The van der Waals surface area contributed by atoms with Crippen LogP contribution in [0.2, 0.25) is 10.0 Å². The summed E-state index contributed by atoms with van der Waals surface area (Å²) >= 11 is 11.7. The molecular formula is C16H15Cl2FN2O3S. The standard InChI is InChI=1S/C16H15Cl2FN2O3S/c1-10(16(22)20-13-8-11(17)7-12(18)9-13)21(25(2,23)24)15-6-4-3-5-14(15)19/h3-10H,1-2H3,(H,20,22)/t10-/m0/s1. The van der Waals surface area contributed by atoms with Crippen LogP contribution in [0, 0.1) is 5.82 Å². The zero-order valence-electron chi connectivity index (χ0n) is 13.3. The second-order valence-corrected chi connectivity index (χ2v) is 8.07. The lowest BCUT2D eigenvalue weighted by Gasteiger charge is -2.28. The molecule has 0 aliphatic carbocycles. The van der Waals surface area contributed by atoms with Gasteiger partial charge in [0.2, 0.25) is 15.9 Å². The van der Waals surface area contributed by atoms with Crippen molar-refractivity contribution in [1.29, 1.82) is 0 Å². The Morgan fingerprint density at radius 3 is 2.24 bits per heavy atom. The van der Waals surface area contributed by atoms with Gasteiger partial charge in [-0.3, -0.25) is 9.10 Å². The number of nitrogens with zero attached hydrogens (tertiary/aromatic N) is 1. The van der Waals surface area contributed by atoms with Crippen LogP contribution >= 0.6 is 23.2 Å². The van der Waals surface area contributed by atoms with Gasteiger partial charge in [-0.15, -0.1) is 0 Å². The van der Waals surface area contributed by atoms with E-state index in [9.17, 15) is 17.6 Å². The Labute approximate surface area is 155 Å². The first-order valence-corrected chi connectivity index (χ1v) is 9.71. The monoisotopic (exact) mass is 404 g/mol. The average molecular weight is 405 g/mol. The molecule has 1 N–H and O–H groups in total. The zero-order valence-corrected chi connectivity index (χ0v) is 15.7. The highest BCUT2D eigenvalue weighted by Crippen LogP contribution is 2.26. The first-order valence-electron chi connectivity index (χ1n) is 7.10. The molecule has 0 fully saturated rings. The van der Waals surface area contributed by atoms with Crippen LogP contribution < -0.4 is 9.62 Å². The molecule has 5 nitrogen and oxygen atoms in total. The summed E-state index contributed by atoms with van der Waals surface area (Å²) in [6.45, 7) is 1.36. The highest BCUT2D eigenvalue weighted by Gasteiger charge is 2.31. The molecule has 0 aliphatic rings. The van der Waals surface area contributed by atoms with E-state index < -0.39 is 27.8 Å². The first kappa shape index (κ1) is 19.5. The van der Waals surface area contributed by atoms with E-state index in [4.69, 9.17) is 23.2 Å². The second kappa shape index (κ2) is 7.59. The lowest BCUT2D eigenvalue weighted by Crippen LogP contribution is -2.45. The van der Waals surface area contributed by atoms with Crippen molar-refractivity contribution in [1.82, 2.24) is 0 Å². The third-order valence-electron chi connectivity index (χ3n) is 3.31. The number of carbonyl (C=O) groups excluding carboxylic acids is 1. The number of anilines is 2. The fourth-order valence-electron chi connectivity index (χ4n) is 2.28. The van der Waals surface area contributed by atoms with Crippen LogP contribution in [-0.4, -0.2) is 26.6 Å². The van der Waals surface area contributed by atoms with Crippen LogP contribution in [0.15, 0.2) is 42.5 Å². The molecule has 9 heteroatoms. The molecule has 1 atom stereocenters. The van der Waals surface area contributed by atoms with Gasteiger partial charge in [0, 0.05) is 15.7 Å². The van der Waals surface area contributed by atoms with Gasteiger partial charge in [0.05, 0.1) is 11.9 Å². The molecule has 0 saturated heterocycles. The fraction of sp³-hybridized carbons (Fsp3) is 0.188. The van der Waals surface area contributed by atoms with Crippen LogP contribution in [0.4, 0.5) is 15.8 Å². The van der Waals surface area contributed by atoms with E-state index >= 15 is 0 Å². The molecule has 25 heavy (non-hydrogen) atoms. The molecule has 0 aromatic heterocycles. The SMILES string of the molecule is C[C@@H](C(=O)Nc1cc(Cl)cc(Cl)c1)N(c1ccccc1F)S(C)(=O)=O. The van der Waals surface area contributed by atoms with E-state index in [-0.39, 0.29) is 5.69 Å². The molecule has 0 radical (unpaired) electrons. The summed E-state index contributed by atoms with van der Waals surface area (Å²) in [7, 11) is -3.91. The van der Waals surface area contributed by atoms with Gasteiger partial charge in [-0.25, -0.2) is 12.8 Å². The third kappa shape index (κ3) is 4.84. The predicted octanol–water partition coefficient (Wildman–Crippen LogP) is 3.93. The lowest BCUT2D eigenvalue weighted by molar-refractivity contribution is -0.116. The molecule has 1 amide bonds. The Bertz CT molecular complexity index is 886. The number of nitrogens with one attached hydrogen (secondary N) is 1. The Balaban J connectivity index is 2.35. The third-order valence-corrected chi connectivity index (χ3v) is 4.97. The highest BCUT2D eigenvalue weighted by atomic mass is 35.5. The average Bonchev–Trinajstić information content (AvgIpc) is 2.46. The molecule has 134 valence electrons. The number of hydrogen-bond donors (Lipinski definition) is 1. The Hall–Kier alpha value is -1.83. The van der Waals surface area contributed by atoms with Gasteiger partial charge >= 0.3 is 0 Å². The molecule has 2 rings (SSSR count). The van der Waals surface area contributed by atoms with E-state index in [2.05, 4.69) is 5.32 Å². The van der Waals surface area contributed by atoms with E-state index in [1.165, 1.54) is 43.3 Å². The Morgan fingerprint density at radius 1 is 1.16 bits per heavy atom. The maximum atomic E-state index is 14.1. The molecule has 2 aromatic rings. The normalized spacial score (nSPS) is 12.5. The van der Waals surface area contributed by atoms with Crippen molar-refractivity contribution in [2.24, 2.45) is 0 Å². The Kier molecular flexibility index (Phi) is 5.92. The first-order chi connectivity index (χ1) is 11.6. The summed E-state index contributed by atoms with van der Waals surface area (Å²) in [6.07, 6.45) is 0.902. The zero-order chi connectivity index (χ0) is 18.8. The van der Waals surface area contributed by atoms with Gasteiger partial charge in [-0.05, 0) is 37.3 Å². The minimum absolute atomic E-state index is 0.211. The lowest BCUT2D eigenvalue weighted by atomic mass is 10.2. The van der Waals surface area contributed by atoms with Crippen LogP contribution in [0.5, 0.6) is 0 Å². The van der Waals surface area contributed by atoms with Crippen LogP contribution in [-0.2, 0) is 14.8 Å². The fourth-order valence-corrected chi connectivity index (χ4v) is 3.99. The summed E-state index contributed by atoms with van der Waals surface area (Å²) in [5.74, 6) is -1.41. The van der Waals surface area contributed by atoms with Crippen molar-refractivity contribution in [2.45, 2.75) is 13.0 Å². The van der Waals surface area contributed by atoms with E-state index in [1.54, 1.807) is 0 Å². The highest BCUT2D eigenvalue weighted by molar-refractivity contribution is 7.92. The Morgan fingerprint density at radius 2 is 1.72 bits per heavy atom. The molecular weight excluding hydrogens is 390 g/mol. The molecule has 0 bridgehead atoms. The molecule has 0 heterocycles. The second-order valence-electron chi connectivity index (χ2n) is 5.33. The van der Waals surface area contributed by atoms with Crippen LogP contribution in [0.3, 0.4) is 0 Å². The minimum atomic E-state index is -3.91. The number of para-hydroxylation sites is 1. The van der Waals surface area contributed by atoms with Gasteiger partial charge in [0.25, 0.3) is 0 Å². The van der Waals surface area contributed by atoms with Gasteiger partial charge in [-0.1, -0.05) is 35.3 Å². The summed E-state index contributed by atoms with van der Waals surface area (Å²) in [6, 6.07) is 8.54. The summed E-state index contributed by atoms with van der Waals surface area (Å²) < 4.78 is 39.0. The number of halogens is 3. The van der Waals surface area contributed by atoms with Gasteiger partial charge < -0.3 is 5.32 Å². The van der Waals surface area contributed by atoms with Gasteiger partial charge in [0.15, 0.2) is 0 Å². The molecule has 2 aromatic carbocycles. The number of carbonyl (C=O) groups is 1. The van der Waals surface area contributed by atoms with Crippen molar-refractivity contribution in [3.8, 4) is 0 Å². The molecule has 0 unspecified atom stereocenters. The van der Waals surface area contributed by atoms with Crippen molar-refractivity contribution >= 4 is 50.5 Å². The van der Waals surface area contributed by atoms with E-state index in [0.29, 0.717) is 15.7 Å². The summed E-state index contributed by atoms with van der Waals surface area (Å²) in [4.78, 5) is 12.5. The molecule has 0 aliphatic heterocycles. The van der Waals surface area contributed by atoms with Crippen molar-refractivity contribution < 1.29 is 17.6 Å². The largest absolute Gasteiger partial charge is 0.324 e. The van der Waals surface area contributed by atoms with Crippen LogP contribution in [0.1, 0.15) is 6.92 Å². The molecule has 0 saturated carbocycles. The summed E-state index contributed by atoms with van der Waals surface area (Å²) in [5.41, 5.74) is 0.0908. The maximum Gasteiger partial charge on any atom is 0.247 e.